The van der Waals surface area contributed by atoms with Crippen molar-refractivity contribution in [2.24, 2.45) is 0 Å². The maximum absolute atomic E-state index is 6.12. The van der Waals surface area contributed by atoms with Gasteiger partial charge < -0.3 is 11.5 Å². The van der Waals surface area contributed by atoms with Crippen LogP contribution in [0.15, 0.2) is 140 Å². The quantitative estimate of drug-likeness (QED) is 0.209. The van der Waals surface area contributed by atoms with Crippen LogP contribution in [-0.4, -0.2) is 0 Å². The van der Waals surface area contributed by atoms with Crippen molar-refractivity contribution in [1.82, 2.24) is 0 Å². The van der Waals surface area contributed by atoms with Gasteiger partial charge in [-0.05, 0) is 94.6 Å². The molecule has 0 bridgehead atoms. The highest BCUT2D eigenvalue weighted by molar-refractivity contribution is 5.89. The van der Waals surface area contributed by atoms with Crippen LogP contribution < -0.4 is 11.5 Å². The standard InChI is InChI=1S/C40H36N2/c1-27-8-12-30(13-9-27)37(31-14-10-28(2)11-15-31)25-40(24-29(3)36-6-4-5-7-39(36)40)26-38(32-16-20-34(41)21-17-32)33-18-22-35(42)23-19-33/h4-23,25-26H,3,24,41-42H2,1-2H3. The smallest absolute Gasteiger partial charge is 0.0376 e. The van der Waals surface area contributed by atoms with Crippen LogP contribution in [-0.2, 0) is 5.41 Å². The summed E-state index contributed by atoms with van der Waals surface area (Å²) in [6, 6.07) is 42.7. The number of allylic oxidation sites excluding steroid dienone is 3. The Bertz CT molecular complexity index is 1600. The number of fused-ring (bicyclic) bond motifs is 1. The number of nitrogen functional groups attached to an aromatic ring is 2. The predicted octanol–water partition coefficient (Wildman–Crippen LogP) is 9.39. The summed E-state index contributed by atoms with van der Waals surface area (Å²) >= 11 is 0. The van der Waals surface area contributed by atoms with E-state index in [0.29, 0.717) is 0 Å². The van der Waals surface area contributed by atoms with Crippen LogP contribution >= 0.6 is 0 Å². The lowest BCUT2D eigenvalue weighted by atomic mass is 9.75. The molecule has 206 valence electrons. The first-order valence-electron chi connectivity index (χ1n) is 14.4. The minimum atomic E-state index is -0.448. The number of hydrogen-bond donors (Lipinski definition) is 2. The molecule has 4 N–H and O–H groups in total. The molecule has 2 heteroatoms. The fraction of sp³-hybridized carbons (Fsp3) is 0.100. The van der Waals surface area contributed by atoms with Crippen LogP contribution in [0.1, 0.15) is 50.9 Å². The zero-order valence-corrected chi connectivity index (χ0v) is 24.3. The highest BCUT2D eigenvalue weighted by Crippen LogP contribution is 2.50. The van der Waals surface area contributed by atoms with Crippen molar-refractivity contribution >= 4 is 28.1 Å². The van der Waals surface area contributed by atoms with E-state index in [4.69, 9.17) is 11.5 Å². The normalized spacial score (nSPS) is 15.6. The van der Waals surface area contributed by atoms with Crippen LogP contribution in [0.5, 0.6) is 0 Å². The molecule has 0 spiro atoms. The molecule has 0 amide bonds. The first kappa shape index (κ1) is 27.1. The van der Waals surface area contributed by atoms with Crippen molar-refractivity contribution in [1.29, 1.82) is 0 Å². The Balaban J connectivity index is 1.67. The van der Waals surface area contributed by atoms with Gasteiger partial charge in [0.1, 0.15) is 0 Å². The molecule has 1 aliphatic rings. The highest BCUT2D eigenvalue weighted by atomic mass is 14.5. The van der Waals surface area contributed by atoms with Gasteiger partial charge in [-0.1, -0.05) is 127 Å². The molecule has 0 saturated heterocycles. The minimum absolute atomic E-state index is 0.448. The molecule has 6 rings (SSSR count). The molecule has 42 heavy (non-hydrogen) atoms. The largest absolute Gasteiger partial charge is 0.399 e. The Morgan fingerprint density at radius 1 is 0.571 bits per heavy atom. The molecule has 0 aromatic heterocycles. The molecular formula is C40H36N2. The van der Waals surface area contributed by atoms with E-state index in [9.17, 15) is 0 Å². The van der Waals surface area contributed by atoms with Crippen molar-refractivity contribution in [3.63, 3.8) is 0 Å². The zero-order valence-electron chi connectivity index (χ0n) is 24.3. The Morgan fingerprint density at radius 3 is 1.38 bits per heavy atom. The number of aryl methyl sites for hydroxylation is 2. The Hall–Kier alpha value is -5.08. The second-order valence-corrected chi connectivity index (χ2v) is 11.5. The maximum atomic E-state index is 6.12. The lowest BCUT2D eigenvalue weighted by Crippen LogP contribution is -2.19. The average Bonchev–Trinajstić information content (AvgIpc) is 3.28. The van der Waals surface area contributed by atoms with Crippen molar-refractivity contribution in [2.75, 3.05) is 11.5 Å². The van der Waals surface area contributed by atoms with Gasteiger partial charge in [-0.3, -0.25) is 0 Å². The molecule has 1 atom stereocenters. The molecule has 1 aliphatic carbocycles. The lowest BCUT2D eigenvalue weighted by Gasteiger charge is -2.28. The van der Waals surface area contributed by atoms with E-state index < -0.39 is 5.41 Å². The molecule has 0 heterocycles. The summed E-state index contributed by atoms with van der Waals surface area (Å²) in [5, 5.41) is 0. The number of hydrogen-bond acceptors (Lipinski definition) is 2. The molecule has 2 nitrogen and oxygen atoms in total. The second kappa shape index (κ2) is 11.1. The van der Waals surface area contributed by atoms with E-state index in [2.05, 4.69) is 130 Å². The van der Waals surface area contributed by atoms with E-state index in [1.165, 1.54) is 39.0 Å². The minimum Gasteiger partial charge on any atom is -0.399 e. The van der Waals surface area contributed by atoms with Crippen molar-refractivity contribution in [2.45, 2.75) is 25.7 Å². The van der Waals surface area contributed by atoms with Crippen LogP contribution in [0.25, 0.3) is 16.7 Å². The average molecular weight is 545 g/mol. The summed E-state index contributed by atoms with van der Waals surface area (Å²) in [6.07, 6.45) is 5.68. The summed E-state index contributed by atoms with van der Waals surface area (Å²) in [5.41, 5.74) is 26.3. The van der Waals surface area contributed by atoms with E-state index in [0.717, 1.165) is 40.1 Å². The van der Waals surface area contributed by atoms with Gasteiger partial charge in [-0.25, -0.2) is 0 Å². The third-order valence-electron chi connectivity index (χ3n) is 8.29. The van der Waals surface area contributed by atoms with Gasteiger partial charge in [0.25, 0.3) is 0 Å². The van der Waals surface area contributed by atoms with E-state index in [-0.39, 0.29) is 0 Å². The molecule has 0 fully saturated rings. The topological polar surface area (TPSA) is 52.0 Å². The SMILES string of the molecule is C=C1CC(C=C(c2ccc(C)cc2)c2ccc(C)cc2)(C=C(c2ccc(N)cc2)c2ccc(N)cc2)c2ccccc21. The summed E-state index contributed by atoms with van der Waals surface area (Å²) < 4.78 is 0. The fourth-order valence-electron chi connectivity index (χ4n) is 6.01. The van der Waals surface area contributed by atoms with Crippen LogP contribution in [0, 0.1) is 13.8 Å². The molecule has 0 aliphatic heterocycles. The summed E-state index contributed by atoms with van der Waals surface area (Å²) in [6.45, 7) is 8.81. The lowest BCUT2D eigenvalue weighted by molar-refractivity contribution is 0.726. The molecule has 5 aromatic rings. The number of rotatable bonds is 6. The highest BCUT2D eigenvalue weighted by Gasteiger charge is 2.38. The van der Waals surface area contributed by atoms with Crippen LogP contribution in [0.4, 0.5) is 11.4 Å². The van der Waals surface area contributed by atoms with E-state index >= 15 is 0 Å². The van der Waals surface area contributed by atoms with Crippen LogP contribution in [0.3, 0.4) is 0 Å². The predicted molar refractivity (Wildman–Crippen MR) is 180 cm³/mol. The van der Waals surface area contributed by atoms with Gasteiger partial charge in [0.05, 0.1) is 0 Å². The number of benzene rings is 5. The first-order valence-corrected chi connectivity index (χ1v) is 14.4. The molecule has 0 radical (unpaired) electrons. The summed E-state index contributed by atoms with van der Waals surface area (Å²) in [4.78, 5) is 0. The van der Waals surface area contributed by atoms with Gasteiger partial charge in [0.15, 0.2) is 0 Å². The van der Waals surface area contributed by atoms with Gasteiger partial charge in [-0.15, -0.1) is 0 Å². The zero-order chi connectivity index (χ0) is 29.3. The van der Waals surface area contributed by atoms with Crippen LogP contribution in [0.2, 0.25) is 0 Å². The van der Waals surface area contributed by atoms with Crippen molar-refractivity contribution in [3.05, 3.63) is 185 Å². The van der Waals surface area contributed by atoms with E-state index in [1.807, 2.05) is 24.3 Å². The molecule has 5 aromatic carbocycles. The maximum Gasteiger partial charge on any atom is 0.0376 e. The fourth-order valence-corrected chi connectivity index (χ4v) is 6.01. The van der Waals surface area contributed by atoms with Gasteiger partial charge in [-0.2, -0.15) is 0 Å². The molecular weight excluding hydrogens is 508 g/mol. The number of anilines is 2. The Kier molecular flexibility index (Phi) is 7.14. The molecule has 1 unspecified atom stereocenters. The van der Waals surface area contributed by atoms with Gasteiger partial charge in [0, 0.05) is 16.8 Å². The Labute approximate surface area is 249 Å². The van der Waals surface area contributed by atoms with Gasteiger partial charge in [0.2, 0.25) is 0 Å². The molecule has 0 saturated carbocycles. The number of nitrogens with two attached hydrogens (primary N) is 2. The third-order valence-corrected chi connectivity index (χ3v) is 8.29. The van der Waals surface area contributed by atoms with Crippen molar-refractivity contribution in [3.8, 4) is 0 Å². The summed E-state index contributed by atoms with van der Waals surface area (Å²) in [7, 11) is 0. The summed E-state index contributed by atoms with van der Waals surface area (Å²) in [5.74, 6) is 0. The monoisotopic (exact) mass is 544 g/mol. The first-order chi connectivity index (χ1) is 20.3. The van der Waals surface area contributed by atoms with Crippen molar-refractivity contribution < 1.29 is 0 Å². The second-order valence-electron chi connectivity index (χ2n) is 11.5. The third kappa shape index (κ3) is 5.32. The van der Waals surface area contributed by atoms with E-state index in [1.54, 1.807) is 0 Å². The van der Waals surface area contributed by atoms with Gasteiger partial charge >= 0.3 is 0 Å². The Morgan fingerprint density at radius 2 is 0.952 bits per heavy atom.